The summed E-state index contributed by atoms with van der Waals surface area (Å²) in [5.41, 5.74) is 5.59. The minimum atomic E-state index is -0.660. The lowest BCUT2D eigenvalue weighted by atomic mass is 10.1. The summed E-state index contributed by atoms with van der Waals surface area (Å²) >= 11 is 0. The first-order chi connectivity index (χ1) is 8.52. The van der Waals surface area contributed by atoms with Crippen molar-refractivity contribution < 1.29 is 14.1 Å². The van der Waals surface area contributed by atoms with Crippen molar-refractivity contribution in [1.82, 2.24) is 4.90 Å². The number of nitrogens with two attached hydrogens (primary N) is 1. The van der Waals surface area contributed by atoms with Crippen LogP contribution in [0.3, 0.4) is 0 Å². The topological polar surface area (TPSA) is 103 Å². The molecule has 2 atom stereocenters. The van der Waals surface area contributed by atoms with Crippen LogP contribution in [0, 0.1) is 16.0 Å². The van der Waals surface area contributed by atoms with E-state index in [1.54, 1.807) is 4.90 Å². The zero-order valence-electron chi connectivity index (χ0n) is 10.0. The van der Waals surface area contributed by atoms with Gasteiger partial charge in [0.1, 0.15) is 4.92 Å². The number of amides is 1. The van der Waals surface area contributed by atoms with Crippen LogP contribution in [-0.4, -0.2) is 34.9 Å². The van der Waals surface area contributed by atoms with Gasteiger partial charge in [0.25, 0.3) is 5.91 Å². The number of nitro groups is 1. The lowest BCUT2D eigenvalue weighted by molar-refractivity contribution is -0.402. The molecule has 1 aliphatic heterocycles. The Morgan fingerprint density at radius 1 is 1.67 bits per heavy atom. The van der Waals surface area contributed by atoms with Crippen molar-refractivity contribution in [2.45, 2.75) is 19.4 Å². The van der Waals surface area contributed by atoms with Gasteiger partial charge in [0, 0.05) is 12.6 Å². The van der Waals surface area contributed by atoms with Gasteiger partial charge in [-0.3, -0.25) is 14.9 Å². The number of nitrogens with zero attached hydrogens (tertiary/aromatic N) is 2. The molecule has 18 heavy (non-hydrogen) atoms. The van der Waals surface area contributed by atoms with E-state index < -0.39 is 10.8 Å². The molecule has 1 saturated heterocycles. The van der Waals surface area contributed by atoms with Crippen LogP contribution in [-0.2, 0) is 0 Å². The molecule has 2 unspecified atom stereocenters. The first kappa shape index (κ1) is 12.6. The van der Waals surface area contributed by atoms with Crippen molar-refractivity contribution in [3.05, 3.63) is 28.0 Å². The fourth-order valence-electron chi connectivity index (χ4n) is 2.28. The minimum absolute atomic E-state index is 0.00576. The average Bonchev–Trinajstić information content (AvgIpc) is 2.94. The summed E-state index contributed by atoms with van der Waals surface area (Å²) in [6.45, 7) is 3.04. The lowest BCUT2D eigenvalue weighted by Crippen LogP contribution is -2.34. The molecule has 2 rings (SSSR count). The third-order valence-electron chi connectivity index (χ3n) is 3.24. The van der Waals surface area contributed by atoms with Gasteiger partial charge in [-0.25, -0.2) is 0 Å². The summed E-state index contributed by atoms with van der Waals surface area (Å²) < 4.78 is 4.91. The predicted molar refractivity (Wildman–Crippen MR) is 63.0 cm³/mol. The maximum atomic E-state index is 12.1. The minimum Gasteiger partial charge on any atom is -0.395 e. The summed E-state index contributed by atoms with van der Waals surface area (Å²) in [5, 5.41) is 10.5. The van der Waals surface area contributed by atoms with Crippen LogP contribution in [0.15, 0.2) is 16.5 Å². The van der Waals surface area contributed by atoms with E-state index in [9.17, 15) is 14.9 Å². The highest BCUT2D eigenvalue weighted by molar-refractivity contribution is 5.92. The van der Waals surface area contributed by atoms with Crippen LogP contribution in [0.2, 0.25) is 0 Å². The van der Waals surface area contributed by atoms with Crippen LogP contribution < -0.4 is 5.73 Å². The Morgan fingerprint density at radius 2 is 2.39 bits per heavy atom. The lowest BCUT2D eigenvalue weighted by Gasteiger charge is -2.19. The van der Waals surface area contributed by atoms with Crippen LogP contribution in [0.4, 0.5) is 5.88 Å². The van der Waals surface area contributed by atoms with Gasteiger partial charge in [0.15, 0.2) is 5.76 Å². The summed E-state index contributed by atoms with van der Waals surface area (Å²) in [4.78, 5) is 23.6. The highest BCUT2D eigenvalue weighted by atomic mass is 16.6. The third-order valence-corrected chi connectivity index (χ3v) is 3.24. The second-order valence-electron chi connectivity index (χ2n) is 4.54. The van der Waals surface area contributed by atoms with E-state index in [2.05, 4.69) is 0 Å². The summed E-state index contributed by atoms with van der Waals surface area (Å²) in [7, 11) is 0. The zero-order valence-corrected chi connectivity index (χ0v) is 10.0. The van der Waals surface area contributed by atoms with Gasteiger partial charge in [-0.05, 0) is 31.9 Å². The van der Waals surface area contributed by atoms with Crippen molar-refractivity contribution in [3.63, 3.8) is 0 Å². The Morgan fingerprint density at radius 3 is 2.89 bits per heavy atom. The Balaban J connectivity index is 2.13. The maximum Gasteiger partial charge on any atom is 0.433 e. The molecule has 0 bridgehead atoms. The molecule has 1 aromatic rings. The molecule has 1 aliphatic rings. The molecular formula is C11H15N3O4. The van der Waals surface area contributed by atoms with Gasteiger partial charge in [-0.1, -0.05) is 0 Å². The molecule has 1 aromatic heterocycles. The first-order valence-electron chi connectivity index (χ1n) is 5.78. The summed E-state index contributed by atoms with van der Waals surface area (Å²) in [6, 6.07) is 2.60. The third kappa shape index (κ3) is 2.21. The highest BCUT2D eigenvalue weighted by Crippen LogP contribution is 2.25. The van der Waals surface area contributed by atoms with E-state index in [1.165, 1.54) is 12.1 Å². The zero-order chi connectivity index (χ0) is 13.3. The van der Waals surface area contributed by atoms with Crippen molar-refractivity contribution in [2.75, 3.05) is 13.1 Å². The Hall–Kier alpha value is -1.89. The predicted octanol–water partition coefficient (Wildman–Crippen LogP) is 0.997. The van der Waals surface area contributed by atoms with Crippen molar-refractivity contribution in [2.24, 2.45) is 11.7 Å². The van der Waals surface area contributed by atoms with E-state index >= 15 is 0 Å². The SMILES string of the molecule is CC1CC(CN)CN1C(=O)c1ccc([N+](=O)[O-])o1. The van der Waals surface area contributed by atoms with E-state index in [1.807, 2.05) is 6.92 Å². The second kappa shape index (κ2) is 4.77. The van der Waals surface area contributed by atoms with Gasteiger partial charge in [-0.2, -0.15) is 0 Å². The van der Waals surface area contributed by atoms with Gasteiger partial charge in [-0.15, -0.1) is 0 Å². The first-order valence-corrected chi connectivity index (χ1v) is 5.78. The molecule has 0 aliphatic carbocycles. The van der Waals surface area contributed by atoms with Gasteiger partial charge in [0.05, 0.1) is 6.07 Å². The quantitative estimate of drug-likeness (QED) is 0.639. The maximum absolute atomic E-state index is 12.1. The average molecular weight is 253 g/mol. The smallest absolute Gasteiger partial charge is 0.395 e. The Labute approximate surface area is 104 Å². The molecule has 98 valence electrons. The van der Waals surface area contributed by atoms with Gasteiger partial charge in [0.2, 0.25) is 0 Å². The molecule has 2 N–H and O–H groups in total. The number of likely N-dealkylation sites (tertiary alicyclic amines) is 1. The monoisotopic (exact) mass is 253 g/mol. The molecule has 0 saturated carbocycles. The number of furan rings is 1. The second-order valence-corrected chi connectivity index (χ2v) is 4.54. The Bertz CT molecular complexity index is 471. The molecule has 7 nitrogen and oxygen atoms in total. The number of carbonyl (C=O) groups excluding carboxylic acids is 1. The largest absolute Gasteiger partial charge is 0.433 e. The van der Waals surface area contributed by atoms with Crippen LogP contribution in [0.25, 0.3) is 0 Å². The van der Waals surface area contributed by atoms with E-state index in [4.69, 9.17) is 10.2 Å². The van der Waals surface area contributed by atoms with Gasteiger partial charge < -0.3 is 15.1 Å². The number of carbonyl (C=O) groups is 1. The molecule has 0 radical (unpaired) electrons. The van der Waals surface area contributed by atoms with Crippen LogP contribution in [0.1, 0.15) is 23.9 Å². The number of hydrogen-bond acceptors (Lipinski definition) is 5. The molecule has 1 fully saturated rings. The van der Waals surface area contributed by atoms with Crippen LogP contribution in [0.5, 0.6) is 0 Å². The Kier molecular flexibility index (Phi) is 3.33. The standard InChI is InChI=1S/C11H15N3O4/c1-7-4-8(5-12)6-13(7)11(15)9-2-3-10(18-9)14(16)17/h2-3,7-8H,4-6,12H2,1H3. The van der Waals surface area contributed by atoms with Crippen molar-refractivity contribution in [3.8, 4) is 0 Å². The molecular weight excluding hydrogens is 238 g/mol. The fraction of sp³-hybridized carbons (Fsp3) is 0.545. The molecule has 7 heteroatoms. The highest BCUT2D eigenvalue weighted by Gasteiger charge is 2.33. The molecule has 0 spiro atoms. The molecule has 0 aromatic carbocycles. The van der Waals surface area contributed by atoms with E-state index in [0.717, 1.165) is 6.42 Å². The van der Waals surface area contributed by atoms with E-state index in [-0.39, 0.29) is 23.6 Å². The summed E-state index contributed by atoms with van der Waals surface area (Å²) in [6.07, 6.45) is 0.852. The normalized spacial score (nSPS) is 23.3. The van der Waals surface area contributed by atoms with E-state index in [0.29, 0.717) is 13.1 Å². The van der Waals surface area contributed by atoms with Crippen LogP contribution >= 0.6 is 0 Å². The summed E-state index contributed by atoms with van der Waals surface area (Å²) in [5.74, 6) is -0.438. The van der Waals surface area contributed by atoms with Gasteiger partial charge >= 0.3 is 5.88 Å². The number of rotatable bonds is 3. The molecule has 2 heterocycles. The van der Waals surface area contributed by atoms with Crippen molar-refractivity contribution in [1.29, 1.82) is 0 Å². The molecule has 1 amide bonds. The number of hydrogen-bond donors (Lipinski definition) is 1. The fourth-order valence-corrected chi connectivity index (χ4v) is 2.28. The van der Waals surface area contributed by atoms with Crippen molar-refractivity contribution >= 4 is 11.8 Å².